The summed E-state index contributed by atoms with van der Waals surface area (Å²) in [4.78, 5) is 28.0. The van der Waals surface area contributed by atoms with Gasteiger partial charge in [0, 0.05) is 23.9 Å². The molecule has 28 heavy (non-hydrogen) atoms. The average Bonchev–Trinajstić information content (AvgIpc) is 2.92. The highest BCUT2D eigenvalue weighted by Gasteiger charge is 2.37. The minimum Gasteiger partial charge on any atom is -0.329 e. The van der Waals surface area contributed by atoms with Crippen LogP contribution in [0.3, 0.4) is 0 Å². The van der Waals surface area contributed by atoms with E-state index in [4.69, 9.17) is 5.73 Å². The fraction of sp³-hybridized carbons (Fsp3) is 0.591. The molecule has 1 aromatic heterocycles. The van der Waals surface area contributed by atoms with E-state index in [2.05, 4.69) is 26.6 Å². The Morgan fingerprint density at radius 1 is 1.32 bits per heavy atom. The van der Waals surface area contributed by atoms with E-state index >= 15 is 0 Å². The molecule has 0 radical (unpaired) electrons. The van der Waals surface area contributed by atoms with Crippen LogP contribution < -0.4 is 11.4 Å². The lowest BCUT2D eigenvalue weighted by atomic mass is 9.69. The maximum Gasteiger partial charge on any atom is 0.336 e. The van der Waals surface area contributed by atoms with E-state index in [0.29, 0.717) is 36.4 Å². The molecule has 4 atom stereocenters. The first-order valence-corrected chi connectivity index (χ1v) is 12.0. The summed E-state index contributed by atoms with van der Waals surface area (Å²) < 4.78 is 3.07. The molecule has 1 aliphatic carbocycles. The van der Waals surface area contributed by atoms with Gasteiger partial charge in [0.2, 0.25) is 5.91 Å². The van der Waals surface area contributed by atoms with Crippen molar-refractivity contribution in [2.24, 2.45) is 29.4 Å². The number of nitrogens with two attached hydrogens (primary N) is 1. The molecule has 154 valence electrons. The lowest BCUT2D eigenvalue weighted by Crippen LogP contribution is -2.40. The SMILES string of the molecule is C=S(C)c1ccc2c(c1)n(CCN)c(=O)n2C(=O)[C@@H]1C[C@H](C)CC[C@H]1C(C)C. The van der Waals surface area contributed by atoms with E-state index in [-0.39, 0.29) is 28.0 Å². The predicted octanol–water partition coefficient (Wildman–Crippen LogP) is 3.80. The number of benzene rings is 1. The standard InChI is InChI=1S/C22H33N3O2S/c1-14(2)17-8-6-15(3)12-18(17)21(26)25-19-9-7-16(28(4)5)13-20(19)24(11-10-23)22(25)27/h7,9,13-15,17-18H,4,6,8,10-12,23H2,1-3,5H3/t15-,17+,18-,28?/m1/s1. The third-order valence-corrected chi connectivity index (χ3v) is 7.27. The number of fused-ring (bicyclic) bond motifs is 1. The van der Waals surface area contributed by atoms with Crippen LogP contribution in [0.1, 0.15) is 44.8 Å². The second-order valence-electron chi connectivity index (χ2n) is 8.62. The molecule has 1 heterocycles. The van der Waals surface area contributed by atoms with Gasteiger partial charge in [0.05, 0.1) is 11.0 Å². The predicted molar refractivity (Wildman–Crippen MR) is 120 cm³/mol. The van der Waals surface area contributed by atoms with Crippen LogP contribution in [-0.4, -0.2) is 33.7 Å². The number of rotatable bonds is 5. The van der Waals surface area contributed by atoms with Gasteiger partial charge in [-0.3, -0.25) is 9.36 Å². The zero-order valence-corrected chi connectivity index (χ0v) is 18.3. The molecule has 1 aromatic carbocycles. The van der Waals surface area contributed by atoms with Crippen LogP contribution in [0, 0.1) is 23.7 Å². The van der Waals surface area contributed by atoms with Crippen molar-refractivity contribution in [1.29, 1.82) is 0 Å². The summed E-state index contributed by atoms with van der Waals surface area (Å²) in [7, 11) is -0.167. The van der Waals surface area contributed by atoms with Gasteiger partial charge in [0.1, 0.15) is 0 Å². The molecule has 2 N–H and O–H groups in total. The number of hydrogen-bond acceptors (Lipinski definition) is 3. The molecule has 1 aliphatic rings. The van der Waals surface area contributed by atoms with Crippen LogP contribution in [-0.2, 0) is 6.54 Å². The molecular weight excluding hydrogens is 370 g/mol. The monoisotopic (exact) mass is 403 g/mol. The first-order valence-electron chi connectivity index (χ1n) is 10.2. The fourth-order valence-electron chi connectivity index (χ4n) is 4.66. The molecule has 0 saturated heterocycles. The van der Waals surface area contributed by atoms with Gasteiger partial charge in [-0.2, -0.15) is 10.5 Å². The normalized spacial score (nSPS) is 24.0. The third kappa shape index (κ3) is 3.77. The zero-order chi connectivity index (χ0) is 20.6. The smallest absolute Gasteiger partial charge is 0.329 e. The Bertz CT molecular complexity index is 957. The van der Waals surface area contributed by atoms with Crippen molar-refractivity contribution in [3.05, 3.63) is 28.7 Å². The molecule has 1 unspecified atom stereocenters. The minimum absolute atomic E-state index is 0.0473. The lowest BCUT2D eigenvalue weighted by molar-refractivity contribution is 0.0633. The van der Waals surface area contributed by atoms with E-state index in [1.165, 1.54) is 4.57 Å². The molecule has 0 aliphatic heterocycles. The van der Waals surface area contributed by atoms with Gasteiger partial charge in [0.15, 0.2) is 0 Å². The van der Waals surface area contributed by atoms with Gasteiger partial charge in [-0.25, -0.2) is 9.36 Å². The molecule has 5 nitrogen and oxygen atoms in total. The number of aromatic nitrogens is 2. The molecule has 1 saturated carbocycles. The van der Waals surface area contributed by atoms with Crippen molar-refractivity contribution in [3.63, 3.8) is 0 Å². The van der Waals surface area contributed by atoms with Crippen LogP contribution >= 0.6 is 10.5 Å². The van der Waals surface area contributed by atoms with E-state index < -0.39 is 0 Å². The van der Waals surface area contributed by atoms with Gasteiger partial charge < -0.3 is 5.73 Å². The highest BCUT2D eigenvalue weighted by Crippen LogP contribution is 2.39. The zero-order valence-electron chi connectivity index (χ0n) is 17.5. The number of carbonyl (C=O) groups excluding carboxylic acids is 1. The lowest BCUT2D eigenvalue weighted by Gasteiger charge is -2.36. The van der Waals surface area contributed by atoms with Crippen molar-refractivity contribution in [2.75, 3.05) is 12.8 Å². The summed E-state index contributed by atoms with van der Waals surface area (Å²) in [6, 6.07) is 5.88. The largest absolute Gasteiger partial charge is 0.336 e. The summed E-state index contributed by atoms with van der Waals surface area (Å²) in [5.74, 6) is 5.22. The Kier molecular flexibility index (Phi) is 6.30. The maximum absolute atomic E-state index is 13.6. The van der Waals surface area contributed by atoms with Gasteiger partial charge in [-0.15, -0.1) is 0 Å². The number of hydrogen-bond donors (Lipinski definition) is 1. The number of imidazole rings is 1. The fourth-order valence-corrected chi connectivity index (χ4v) is 5.28. The molecule has 1 fully saturated rings. The topological polar surface area (TPSA) is 70.0 Å². The molecule has 0 spiro atoms. The second-order valence-corrected chi connectivity index (χ2v) is 10.4. The van der Waals surface area contributed by atoms with Crippen molar-refractivity contribution in [3.8, 4) is 0 Å². The Morgan fingerprint density at radius 3 is 2.64 bits per heavy atom. The highest BCUT2D eigenvalue weighted by molar-refractivity contribution is 8.13. The van der Waals surface area contributed by atoms with Crippen molar-refractivity contribution >= 4 is 33.3 Å². The summed E-state index contributed by atoms with van der Waals surface area (Å²) in [5.41, 5.74) is 6.98. The van der Waals surface area contributed by atoms with E-state index in [0.717, 1.165) is 29.7 Å². The van der Waals surface area contributed by atoms with Gasteiger partial charge in [-0.1, -0.05) is 33.1 Å². The van der Waals surface area contributed by atoms with Crippen LogP contribution in [0.15, 0.2) is 27.9 Å². The Hall–Kier alpha value is -1.66. The first kappa shape index (κ1) is 21.1. The van der Waals surface area contributed by atoms with Crippen LogP contribution in [0.25, 0.3) is 11.0 Å². The number of carbonyl (C=O) groups is 1. The Balaban J connectivity index is 2.16. The molecule has 6 heteroatoms. The maximum atomic E-state index is 13.6. The van der Waals surface area contributed by atoms with Gasteiger partial charge in [-0.05, 0) is 55.1 Å². The summed E-state index contributed by atoms with van der Waals surface area (Å²) in [5, 5.41) is 0. The molecule has 0 bridgehead atoms. The summed E-state index contributed by atoms with van der Waals surface area (Å²) >= 11 is 0. The van der Waals surface area contributed by atoms with Crippen LogP contribution in [0.2, 0.25) is 0 Å². The number of nitrogens with zero attached hydrogens (tertiary/aromatic N) is 2. The quantitative estimate of drug-likeness (QED) is 0.772. The van der Waals surface area contributed by atoms with Crippen molar-refractivity contribution in [2.45, 2.75) is 51.5 Å². The van der Waals surface area contributed by atoms with Gasteiger partial charge in [0.25, 0.3) is 0 Å². The molecule has 3 rings (SSSR count). The van der Waals surface area contributed by atoms with Crippen molar-refractivity contribution < 1.29 is 4.79 Å². The summed E-state index contributed by atoms with van der Waals surface area (Å²) in [6.45, 7) is 7.34. The third-order valence-electron chi connectivity index (χ3n) is 6.22. The Morgan fingerprint density at radius 2 is 2.04 bits per heavy atom. The van der Waals surface area contributed by atoms with Crippen LogP contribution in [0.4, 0.5) is 0 Å². The van der Waals surface area contributed by atoms with E-state index in [9.17, 15) is 9.59 Å². The first-order chi connectivity index (χ1) is 13.3. The molecular formula is C22H33N3O2S. The average molecular weight is 404 g/mol. The second kappa shape index (κ2) is 8.37. The van der Waals surface area contributed by atoms with Crippen LogP contribution in [0.5, 0.6) is 0 Å². The molecule has 2 aromatic rings. The minimum atomic E-state index is -0.261. The van der Waals surface area contributed by atoms with Gasteiger partial charge >= 0.3 is 5.69 Å². The van der Waals surface area contributed by atoms with E-state index in [1.54, 1.807) is 4.57 Å². The van der Waals surface area contributed by atoms with E-state index in [1.807, 2.05) is 24.5 Å². The summed E-state index contributed by atoms with van der Waals surface area (Å²) in [6.07, 6.45) is 5.11. The Labute approximate surface area is 169 Å². The molecule has 0 amide bonds. The highest BCUT2D eigenvalue weighted by atomic mass is 32.2. The van der Waals surface area contributed by atoms with Crippen molar-refractivity contribution in [1.82, 2.24) is 9.13 Å².